The van der Waals surface area contributed by atoms with Crippen LogP contribution in [0.5, 0.6) is 0 Å². The molecule has 0 fully saturated rings. The second-order valence-electron chi connectivity index (χ2n) is 4.01. The fourth-order valence-electron chi connectivity index (χ4n) is 1.92. The predicted octanol–water partition coefficient (Wildman–Crippen LogP) is 2.73. The van der Waals surface area contributed by atoms with E-state index in [1.54, 1.807) is 17.5 Å². The van der Waals surface area contributed by atoms with E-state index in [-0.39, 0.29) is 6.04 Å². The summed E-state index contributed by atoms with van der Waals surface area (Å²) < 4.78 is 0. The van der Waals surface area contributed by atoms with Gasteiger partial charge in [0.1, 0.15) is 0 Å². The van der Waals surface area contributed by atoms with Gasteiger partial charge in [-0.3, -0.25) is 4.98 Å². The number of thiophene rings is 1. The number of hydrogen-bond donors (Lipinski definition) is 2. The number of rotatable bonds is 4. The van der Waals surface area contributed by atoms with Crippen LogP contribution in [0.25, 0.3) is 0 Å². The molecule has 0 aliphatic heterocycles. The first-order valence-electron chi connectivity index (χ1n) is 5.69. The molecule has 2 rings (SSSR count). The quantitative estimate of drug-likeness (QED) is 0.873. The van der Waals surface area contributed by atoms with Crippen LogP contribution in [-0.4, -0.2) is 11.5 Å². The normalized spacial score (nSPS) is 12.6. The van der Waals surface area contributed by atoms with E-state index in [2.05, 4.69) is 34.9 Å². The van der Waals surface area contributed by atoms with Gasteiger partial charge in [-0.15, -0.1) is 0 Å². The van der Waals surface area contributed by atoms with Crippen molar-refractivity contribution in [1.29, 1.82) is 0 Å². The van der Waals surface area contributed by atoms with Crippen molar-refractivity contribution in [1.82, 2.24) is 10.3 Å². The van der Waals surface area contributed by atoms with Crippen molar-refractivity contribution >= 4 is 17.0 Å². The van der Waals surface area contributed by atoms with Gasteiger partial charge in [0.2, 0.25) is 0 Å². The molecule has 4 heteroatoms. The van der Waals surface area contributed by atoms with Crippen molar-refractivity contribution in [2.45, 2.75) is 19.9 Å². The second kappa shape index (κ2) is 5.29. The zero-order valence-corrected chi connectivity index (χ0v) is 10.9. The minimum Gasteiger partial charge on any atom is -0.398 e. The number of nitrogen functional groups attached to an aromatic ring is 1. The van der Waals surface area contributed by atoms with Crippen LogP contribution < -0.4 is 11.1 Å². The zero-order valence-electron chi connectivity index (χ0n) is 10.1. The van der Waals surface area contributed by atoms with Crippen molar-refractivity contribution in [3.05, 3.63) is 45.9 Å². The first kappa shape index (κ1) is 12.1. The van der Waals surface area contributed by atoms with Gasteiger partial charge < -0.3 is 11.1 Å². The summed E-state index contributed by atoms with van der Waals surface area (Å²) in [5.41, 5.74) is 10.5. The van der Waals surface area contributed by atoms with Gasteiger partial charge in [-0.05, 0) is 41.4 Å². The van der Waals surface area contributed by atoms with Crippen LogP contribution in [-0.2, 0) is 0 Å². The molecule has 2 aromatic rings. The molecule has 3 nitrogen and oxygen atoms in total. The Morgan fingerprint density at radius 3 is 2.82 bits per heavy atom. The number of nitrogens with two attached hydrogens (primary N) is 1. The average Bonchev–Trinajstić information content (AvgIpc) is 2.74. The summed E-state index contributed by atoms with van der Waals surface area (Å²) in [6.45, 7) is 5.12. The Bertz CT molecular complexity index is 493. The molecule has 0 radical (unpaired) electrons. The third kappa shape index (κ3) is 2.48. The van der Waals surface area contributed by atoms with E-state index in [0.29, 0.717) is 0 Å². The number of aryl methyl sites for hydroxylation is 1. The maximum absolute atomic E-state index is 6.03. The lowest BCUT2D eigenvalue weighted by molar-refractivity contribution is 0.629. The molecule has 0 spiro atoms. The Kier molecular flexibility index (Phi) is 3.76. The van der Waals surface area contributed by atoms with Gasteiger partial charge in [0.15, 0.2) is 0 Å². The predicted molar refractivity (Wildman–Crippen MR) is 73.2 cm³/mol. The van der Waals surface area contributed by atoms with Gasteiger partial charge >= 0.3 is 0 Å². The zero-order chi connectivity index (χ0) is 12.3. The summed E-state index contributed by atoms with van der Waals surface area (Å²) in [5, 5.41) is 7.80. The van der Waals surface area contributed by atoms with E-state index in [4.69, 9.17) is 5.73 Å². The molecule has 0 aliphatic carbocycles. The Labute approximate surface area is 106 Å². The van der Waals surface area contributed by atoms with Gasteiger partial charge in [-0.25, -0.2) is 0 Å². The largest absolute Gasteiger partial charge is 0.398 e. The molecule has 1 unspecified atom stereocenters. The number of hydrogen-bond acceptors (Lipinski definition) is 4. The van der Waals surface area contributed by atoms with Crippen molar-refractivity contribution in [2.24, 2.45) is 0 Å². The third-order valence-electron chi connectivity index (χ3n) is 2.81. The second-order valence-corrected chi connectivity index (χ2v) is 4.75. The topological polar surface area (TPSA) is 50.9 Å². The highest BCUT2D eigenvalue weighted by atomic mass is 32.1. The maximum atomic E-state index is 6.03. The number of aromatic nitrogens is 1. The Morgan fingerprint density at radius 2 is 2.24 bits per heavy atom. The van der Waals surface area contributed by atoms with Crippen LogP contribution in [0.4, 0.5) is 5.69 Å². The Morgan fingerprint density at radius 1 is 1.41 bits per heavy atom. The molecule has 0 saturated heterocycles. The highest BCUT2D eigenvalue weighted by Crippen LogP contribution is 2.30. The van der Waals surface area contributed by atoms with Crippen LogP contribution in [0.1, 0.15) is 29.7 Å². The molecule has 0 bridgehead atoms. The molecular weight excluding hydrogens is 230 g/mol. The highest BCUT2D eigenvalue weighted by molar-refractivity contribution is 7.08. The minimum atomic E-state index is 0.139. The van der Waals surface area contributed by atoms with E-state index >= 15 is 0 Å². The van der Waals surface area contributed by atoms with Crippen molar-refractivity contribution in [2.75, 3.05) is 12.3 Å². The summed E-state index contributed by atoms with van der Waals surface area (Å²) >= 11 is 1.72. The molecule has 2 aromatic heterocycles. The maximum Gasteiger partial charge on any atom is 0.0623 e. The smallest absolute Gasteiger partial charge is 0.0623 e. The fourth-order valence-corrected chi connectivity index (χ4v) is 2.79. The van der Waals surface area contributed by atoms with Gasteiger partial charge in [-0.2, -0.15) is 11.3 Å². The standard InChI is InChI=1S/C13H17N3S/c1-3-16-13(11-8-17-7-9(11)2)10-6-15-5-4-12(10)14/h4-8,13,16H,3H2,1-2H3,(H2,14,15). The molecule has 0 saturated carbocycles. The lowest BCUT2D eigenvalue weighted by Gasteiger charge is -2.19. The number of anilines is 1. The first-order valence-corrected chi connectivity index (χ1v) is 6.63. The summed E-state index contributed by atoms with van der Waals surface area (Å²) in [6.07, 6.45) is 3.57. The first-order chi connectivity index (χ1) is 8.24. The number of nitrogens with one attached hydrogen (secondary N) is 1. The SMILES string of the molecule is CCNC(c1cscc1C)c1cnccc1N. The lowest BCUT2D eigenvalue weighted by atomic mass is 9.98. The molecule has 0 aromatic carbocycles. The average molecular weight is 247 g/mol. The van der Waals surface area contributed by atoms with Crippen LogP contribution >= 0.6 is 11.3 Å². The molecule has 3 N–H and O–H groups in total. The van der Waals surface area contributed by atoms with Crippen molar-refractivity contribution in [3.8, 4) is 0 Å². The third-order valence-corrected chi connectivity index (χ3v) is 3.69. The Balaban J connectivity index is 2.43. The Hall–Kier alpha value is -1.39. The lowest BCUT2D eigenvalue weighted by Crippen LogP contribution is -2.23. The van der Waals surface area contributed by atoms with Crippen LogP contribution in [0.15, 0.2) is 29.2 Å². The molecule has 1 atom stereocenters. The van der Waals surface area contributed by atoms with E-state index in [0.717, 1.165) is 17.8 Å². The van der Waals surface area contributed by atoms with E-state index in [9.17, 15) is 0 Å². The molecule has 2 heterocycles. The molecule has 0 aliphatic rings. The van der Waals surface area contributed by atoms with Crippen LogP contribution in [0.2, 0.25) is 0 Å². The molecule has 0 amide bonds. The van der Waals surface area contributed by atoms with Crippen molar-refractivity contribution in [3.63, 3.8) is 0 Å². The summed E-state index contributed by atoms with van der Waals surface area (Å²) in [6, 6.07) is 1.99. The van der Waals surface area contributed by atoms with Gasteiger partial charge in [0.25, 0.3) is 0 Å². The minimum absolute atomic E-state index is 0.139. The summed E-state index contributed by atoms with van der Waals surface area (Å²) in [5.74, 6) is 0. The fraction of sp³-hybridized carbons (Fsp3) is 0.308. The van der Waals surface area contributed by atoms with Crippen molar-refractivity contribution < 1.29 is 0 Å². The van der Waals surface area contributed by atoms with E-state index in [1.807, 2.05) is 12.3 Å². The number of nitrogens with zero attached hydrogens (tertiary/aromatic N) is 1. The molecule has 90 valence electrons. The summed E-state index contributed by atoms with van der Waals surface area (Å²) in [4.78, 5) is 4.17. The highest BCUT2D eigenvalue weighted by Gasteiger charge is 2.18. The summed E-state index contributed by atoms with van der Waals surface area (Å²) in [7, 11) is 0. The van der Waals surface area contributed by atoms with Crippen LogP contribution in [0, 0.1) is 6.92 Å². The van der Waals surface area contributed by atoms with Crippen LogP contribution in [0.3, 0.4) is 0 Å². The van der Waals surface area contributed by atoms with E-state index < -0.39 is 0 Å². The van der Waals surface area contributed by atoms with Gasteiger partial charge in [-0.1, -0.05) is 6.92 Å². The molecule has 17 heavy (non-hydrogen) atoms. The van der Waals surface area contributed by atoms with E-state index in [1.165, 1.54) is 11.1 Å². The monoisotopic (exact) mass is 247 g/mol. The number of pyridine rings is 1. The molecular formula is C13H17N3S. The van der Waals surface area contributed by atoms with Gasteiger partial charge in [0, 0.05) is 23.6 Å². The van der Waals surface area contributed by atoms with Gasteiger partial charge in [0.05, 0.1) is 6.04 Å².